The molecule has 142 valence electrons. The van der Waals surface area contributed by atoms with Gasteiger partial charge in [0.15, 0.2) is 10.9 Å². The smallest absolute Gasteiger partial charge is 0.350 e. The highest BCUT2D eigenvalue weighted by Gasteiger charge is 2.19. The van der Waals surface area contributed by atoms with E-state index in [9.17, 15) is 13.6 Å². The number of halogens is 2. The summed E-state index contributed by atoms with van der Waals surface area (Å²) in [6.45, 7) is 1.58. The van der Waals surface area contributed by atoms with Gasteiger partial charge in [-0.3, -0.25) is 0 Å². The number of carbonyl (C=O) groups is 1. The van der Waals surface area contributed by atoms with Crippen LogP contribution in [0, 0.1) is 18.6 Å². The van der Waals surface area contributed by atoms with Gasteiger partial charge in [-0.1, -0.05) is 16.5 Å². The van der Waals surface area contributed by atoms with Crippen molar-refractivity contribution in [1.82, 2.24) is 14.7 Å². The Labute approximate surface area is 162 Å². The van der Waals surface area contributed by atoms with Gasteiger partial charge in [-0.15, -0.1) is 0 Å². The minimum Gasteiger partial charge on any atom is -0.455 e. The lowest BCUT2D eigenvalue weighted by Crippen LogP contribution is -2.05. The summed E-state index contributed by atoms with van der Waals surface area (Å²) in [6.07, 6.45) is 3.66. The Morgan fingerprint density at radius 1 is 1.25 bits per heavy atom. The van der Waals surface area contributed by atoms with Crippen LogP contribution in [-0.4, -0.2) is 20.7 Å². The van der Waals surface area contributed by atoms with E-state index in [-0.39, 0.29) is 17.9 Å². The van der Waals surface area contributed by atoms with Crippen molar-refractivity contribution < 1.29 is 22.8 Å². The second kappa shape index (κ2) is 7.35. The Balaban J connectivity index is 1.45. The van der Waals surface area contributed by atoms with Crippen molar-refractivity contribution in [3.05, 3.63) is 76.7 Å². The van der Waals surface area contributed by atoms with Gasteiger partial charge >= 0.3 is 5.97 Å². The summed E-state index contributed by atoms with van der Waals surface area (Å²) in [4.78, 5) is 17.1. The van der Waals surface area contributed by atoms with Crippen LogP contribution in [0.2, 0.25) is 0 Å². The molecule has 0 bridgehead atoms. The number of hydrogen-bond acceptors (Lipinski definition) is 6. The van der Waals surface area contributed by atoms with Crippen LogP contribution in [-0.2, 0) is 11.3 Å². The van der Waals surface area contributed by atoms with E-state index in [1.807, 2.05) is 24.5 Å². The van der Waals surface area contributed by atoms with E-state index >= 15 is 0 Å². The fourth-order valence-corrected chi connectivity index (χ4v) is 3.47. The van der Waals surface area contributed by atoms with Crippen LogP contribution in [0.5, 0.6) is 0 Å². The van der Waals surface area contributed by atoms with Crippen molar-refractivity contribution in [2.24, 2.45) is 0 Å². The van der Waals surface area contributed by atoms with Crippen molar-refractivity contribution in [3.63, 3.8) is 0 Å². The Hall–Kier alpha value is -3.33. The predicted molar refractivity (Wildman–Crippen MR) is 97.2 cm³/mol. The van der Waals surface area contributed by atoms with Gasteiger partial charge in [0.1, 0.15) is 28.8 Å². The molecule has 28 heavy (non-hydrogen) atoms. The molecule has 0 fully saturated rings. The maximum atomic E-state index is 13.8. The number of rotatable bonds is 5. The zero-order valence-electron chi connectivity index (χ0n) is 14.6. The summed E-state index contributed by atoms with van der Waals surface area (Å²) in [5.41, 5.74) is 0.939. The zero-order valence-corrected chi connectivity index (χ0v) is 15.4. The summed E-state index contributed by atoms with van der Waals surface area (Å²) in [7, 11) is 0. The molecule has 9 heteroatoms. The van der Waals surface area contributed by atoms with Crippen molar-refractivity contribution in [2.75, 3.05) is 0 Å². The molecule has 0 amide bonds. The van der Waals surface area contributed by atoms with Crippen molar-refractivity contribution >= 4 is 17.3 Å². The average molecular weight is 401 g/mol. The molecule has 0 aliphatic rings. The number of aromatic nitrogens is 3. The van der Waals surface area contributed by atoms with Gasteiger partial charge in [-0.2, -0.15) is 0 Å². The lowest BCUT2D eigenvalue weighted by atomic mass is 10.1. The van der Waals surface area contributed by atoms with Gasteiger partial charge in [-0.25, -0.2) is 18.6 Å². The van der Waals surface area contributed by atoms with E-state index < -0.39 is 17.6 Å². The van der Waals surface area contributed by atoms with Crippen LogP contribution in [0.4, 0.5) is 8.78 Å². The van der Waals surface area contributed by atoms with Crippen LogP contribution in [0.15, 0.2) is 53.3 Å². The van der Waals surface area contributed by atoms with Crippen LogP contribution in [0.3, 0.4) is 0 Å². The fraction of sp³-hybridized carbons (Fsp3) is 0.105. The first-order valence-electron chi connectivity index (χ1n) is 8.20. The summed E-state index contributed by atoms with van der Waals surface area (Å²) in [5.74, 6) is -1.87. The molecule has 0 saturated carbocycles. The van der Waals surface area contributed by atoms with E-state index in [1.165, 1.54) is 23.5 Å². The number of carbonyl (C=O) groups excluding carboxylic acids is 1. The molecule has 0 N–H and O–H groups in total. The predicted octanol–water partition coefficient (Wildman–Crippen LogP) is 4.53. The second-order valence-electron chi connectivity index (χ2n) is 5.88. The Kier molecular flexibility index (Phi) is 4.74. The molecule has 0 atom stereocenters. The summed E-state index contributed by atoms with van der Waals surface area (Å²) >= 11 is 1.21. The maximum Gasteiger partial charge on any atom is 0.350 e. The Morgan fingerprint density at radius 2 is 2.04 bits per heavy atom. The standard InChI is InChI=1S/C19H13F2N3O3S/c1-11-17(28-19(22-11)24-6-2-3-7-24)18(25)26-10-13-9-16(27-23-13)14-5-4-12(20)8-15(14)21/h2-9H,10H2,1H3. The molecule has 0 radical (unpaired) electrons. The SMILES string of the molecule is Cc1nc(-n2cccc2)sc1C(=O)OCc1cc(-c2ccc(F)cc2F)on1. The largest absolute Gasteiger partial charge is 0.455 e. The highest BCUT2D eigenvalue weighted by atomic mass is 32.1. The number of aryl methyl sites for hydroxylation is 1. The van der Waals surface area contributed by atoms with E-state index in [1.54, 1.807) is 11.5 Å². The third-order valence-corrected chi connectivity index (χ3v) is 5.05. The van der Waals surface area contributed by atoms with Crippen LogP contribution in [0.1, 0.15) is 21.1 Å². The van der Waals surface area contributed by atoms with Crippen LogP contribution >= 0.6 is 11.3 Å². The van der Waals surface area contributed by atoms with Crippen molar-refractivity contribution in [2.45, 2.75) is 13.5 Å². The molecule has 6 nitrogen and oxygen atoms in total. The molecule has 0 unspecified atom stereocenters. The first kappa shape index (κ1) is 18.1. The summed E-state index contributed by atoms with van der Waals surface area (Å²) in [6, 6.07) is 8.29. The normalized spacial score (nSPS) is 11.0. The molecule has 3 heterocycles. The quantitative estimate of drug-likeness (QED) is 0.460. The molecular formula is C19H13F2N3O3S. The van der Waals surface area contributed by atoms with Gasteiger partial charge in [0.05, 0.1) is 11.3 Å². The number of ether oxygens (including phenoxy) is 1. The summed E-state index contributed by atoms with van der Waals surface area (Å²) in [5, 5.41) is 4.42. The van der Waals surface area contributed by atoms with Crippen molar-refractivity contribution in [3.8, 4) is 16.5 Å². The highest BCUT2D eigenvalue weighted by molar-refractivity contribution is 7.16. The van der Waals surface area contributed by atoms with Gasteiger partial charge in [0.2, 0.25) is 0 Å². The van der Waals surface area contributed by atoms with E-state index in [2.05, 4.69) is 10.1 Å². The topological polar surface area (TPSA) is 70.2 Å². The molecule has 4 aromatic rings. The number of thiazole rings is 1. The zero-order chi connectivity index (χ0) is 19.7. The Bertz CT molecular complexity index is 1140. The molecule has 0 spiro atoms. The second-order valence-corrected chi connectivity index (χ2v) is 6.86. The fourth-order valence-electron chi connectivity index (χ4n) is 2.55. The third-order valence-electron chi connectivity index (χ3n) is 3.90. The van der Waals surface area contributed by atoms with E-state index in [0.29, 0.717) is 21.4 Å². The molecule has 0 saturated heterocycles. The Morgan fingerprint density at radius 3 is 2.79 bits per heavy atom. The average Bonchev–Trinajstić information content (AvgIpc) is 3.40. The lowest BCUT2D eigenvalue weighted by molar-refractivity contribution is 0.0469. The molecule has 0 aliphatic carbocycles. The maximum absolute atomic E-state index is 13.8. The monoisotopic (exact) mass is 401 g/mol. The molecule has 1 aromatic carbocycles. The van der Waals surface area contributed by atoms with Crippen LogP contribution < -0.4 is 0 Å². The van der Waals surface area contributed by atoms with Gasteiger partial charge in [0, 0.05) is 24.5 Å². The van der Waals surface area contributed by atoms with Gasteiger partial charge in [0.25, 0.3) is 0 Å². The van der Waals surface area contributed by atoms with E-state index in [4.69, 9.17) is 9.26 Å². The highest BCUT2D eigenvalue weighted by Crippen LogP contribution is 2.26. The van der Waals surface area contributed by atoms with E-state index in [0.717, 1.165) is 12.1 Å². The molecular weight excluding hydrogens is 388 g/mol. The third kappa shape index (κ3) is 3.56. The van der Waals surface area contributed by atoms with Gasteiger partial charge in [-0.05, 0) is 31.2 Å². The number of hydrogen-bond donors (Lipinski definition) is 0. The summed E-state index contributed by atoms with van der Waals surface area (Å²) < 4.78 is 39.0. The molecule has 3 aromatic heterocycles. The van der Waals surface area contributed by atoms with Gasteiger partial charge < -0.3 is 13.8 Å². The first-order valence-corrected chi connectivity index (χ1v) is 9.02. The minimum absolute atomic E-state index is 0.0705. The first-order chi connectivity index (χ1) is 13.5. The number of benzene rings is 1. The molecule has 4 rings (SSSR count). The van der Waals surface area contributed by atoms with Crippen LogP contribution in [0.25, 0.3) is 16.5 Å². The lowest BCUT2D eigenvalue weighted by Gasteiger charge is -2.00. The number of nitrogens with zero attached hydrogens (tertiary/aromatic N) is 3. The number of esters is 1. The molecule has 0 aliphatic heterocycles. The minimum atomic E-state index is -0.766. The van der Waals surface area contributed by atoms with Crippen molar-refractivity contribution in [1.29, 1.82) is 0 Å².